The summed E-state index contributed by atoms with van der Waals surface area (Å²) in [7, 11) is 0. The van der Waals surface area contributed by atoms with Crippen LogP contribution in [-0.2, 0) is 0 Å². The van der Waals surface area contributed by atoms with Crippen molar-refractivity contribution in [2.45, 2.75) is 46.1 Å². The Labute approximate surface area is 104 Å². The van der Waals surface area contributed by atoms with Gasteiger partial charge in [-0.15, -0.1) is 0 Å². The van der Waals surface area contributed by atoms with Gasteiger partial charge in [-0.3, -0.25) is 0 Å². The maximum atomic E-state index is 4.26. The molecule has 1 aromatic heterocycles. The molecule has 2 N–H and O–H groups in total. The van der Waals surface area contributed by atoms with E-state index < -0.39 is 0 Å². The lowest BCUT2D eigenvalue weighted by molar-refractivity contribution is 0.175. The van der Waals surface area contributed by atoms with Crippen molar-refractivity contribution in [2.24, 2.45) is 17.8 Å². The molecule has 1 aromatic rings. The molecule has 3 atom stereocenters. The molecule has 0 amide bonds. The minimum absolute atomic E-state index is 0.365. The van der Waals surface area contributed by atoms with Gasteiger partial charge in [-0.1, -0.05) is 20.8 Å². The minimum Gasteiger partial charge on any atom is -0.309 e. The van der Waals surface area contributed by atoms with Gasteiger partial charge in [0.05, 0.1) is 17.9 Å². The molecule has 1 fully saturated rings. The van der Waals surface area contributed by atoms with Crippen LogP contribution in [0.5, 0.6) is 0 Å². The summed E-state index contributed by atoms with van der Waals surface area (Å²) >= 11 is 0. The third-order valence-corrected chi connectivity index (χ3v) is 3.86. The van der Waals surface area contributed by atoms with E-state index in [1.807, 2.05) is 6.20 Å². The molecule has 1 aliphatic carbocycles. The first kappa shape index (κ1) is 12.6. The van der Waals surface area contributed by atoms with Crippen LogP contribution in [0.2, 0.25) is 0 Å². The molecule has 3 unspecified atom stereocenters. The van der Waals surface area contributed by atoms with Crippen molar-refractivity contribution in [1.82, 2.24) is 20.7 Å². The Balaban J connectivity index is 2.10. The highest BCUT2D eigenvalue weighted by Crippen LogP contribution is 2.39. The van der Waals surface area contributed by atoms with Crippen molar-refractivity contribution < 1.29 is 0 Å². The van der Waals surface area contributed by atoms with Crippen molar-refractivity contribution in [3.05, 3.63) is 11.9 Å². The largest absolute Gasteiger partial charge is 0.309 e. The summed E-state index contributed by atoms with van der Waals surface area (Å²) in [4.78, 5) is 0. The first-order valence-corrected chi connectivity index (χ1v) is 6.79. The molecule has 0 saturated heterocycles. The Morgan fingerprint density at radius 1 is 1.35 bits per heavy atom. The van der Waals surface area contributed by atoms with Gasteiger partial charge < -0.3 is 5.32 Å². The van der Waals surface area contributed by atoms with Crippen LogP contribution in [0.3, 0.4) is 0 Å². The maximum Gasteiger partial charge on any atom is 0.0996 e. The smallest absolute Gasteiger partial charge is 0.0996 e. The monoisotopic (exact) mass is 236 g/mol. The van der Waals surface area contributed by atoms with Crippen LogP contribution < -0.4 is 5.32 Å². The topological polar surface area (TPSA) is 53.6 Å². The highest BCUT2D eigenvalue weighted by Gasteiger charge is 2.31. The van der Waals surface area contributed by atoms with Gasteiger partial charge in [0.1, 0.15) is 0 Å². The fraction of sp³-hybridized carbons (Fsp3) is 0.846. The van der Waals surface area contributed by atoms with Crippen molar-refractivity contribution in [3.63, 3.8) is 0 Å². The summed E-state index contributed by atoms with van der Waals surface area (Å²) in [6.07, 6.45) is 5.83. The average molecular weight is 236 g/mol. The molecular formula is C13H24N4. The number of aromatic amines is 1. The normalized spacial score (nSPS) is 31.4. The number of nitrogens with one attached hydrogen (secondary N) is 2. The Morgan fingerprint density at radius 3 is 2.59 bits per heavy atom. The zero-order valence-electron chi connectivity index (χ0n) is 11.1. The Bertz CT molecular complexity index is 312. The summed E-state index contributed by atoms with van der Waals surface area (Å²) < 4.78 is 0. The molecule has 96 valence electrons. The van der Waals surface area contributed by atoms with Crippen molar-refractivity contribution in [1.29, 1.82) is 0 Å². The molecule has 1 heterocycles. The maximum absolute atomic E-state index is 4.26. The molecule has 4 heteroatoms. The number of aromatic nitrogens is 3. The van der Waals surface area contributed by atoms with Crippen LogP contribution in [-0.4, -0.2) is 22.0 Å². The molecular weight excluding hydrogens is 212 g/mol. The fourth-order valence-corrected chi connectivity index (χ4v) is 3.37. The van der Waals surface area contributed by atoms with Crippen molar-refractivity contribution in [3.8, 4) is 0 Å². The van der Waals surface area contributed by atoms with E-state index in [-0.39, 0.29) is 0 Å². The summed E-state index contributed by atoms with van der Waals surface area (Å²) in [6, 6.07) is 0.365. The number of nitrogens with zero attached hydrogens (tertiary/aromatic N) is 2. The van der Waals surface area contributed by atoms with Crippen LogP contribution >= 0.6 is 0 Å². The van der Waals surface area contributed by atoms with Gasteiger partial charge in [-0.25, -0.2) is 0 Å². The lowest BCUT2D eigenvalue weighted by Gasteiger charge is -2.36. The van der Waals surface area contributed by atoms with Crippen LogP contribution in [0.4, 0.5) is 0 Å². The zero-order chi connectivity index (χ0) is 12.3. The molecule has 1 aliphatic rings. The third kappa shape index (κ3) is 3.06. The molecule has 0 radical (unpaired) electrons. The molecule has 0 aliphatic heterocycles. The van der Waals surface area contributed by atoms with E-state index in [0.29, 0.717) is 12.0 Å². The van der Waals surface area contributed by atoms with E-state index in [1.165, 1.54) is 19.3 Å². The van der Waals surface area contributed by atoms with Crippen molar-refractivity contribution in [2.75, 3.05) is 6.54 Å². The minimum atomic E-state index is 0.365. The Morgan fingerprint density at radius 2 is 2.06 bits per heavy atom. The summed E-state index contributed by atoms with van der Waals surface area (Å²) in [5.74, 6) is 2.35. The number of hydrogen-bond acceptors (Lipinski definition) is 3. The van der Waals surface area contributed by atoms with Crippen molar-refractivity contribution >= 4 is 0 Å². The van der Waals surface area contributed by atoms with E-state index >= 15 is 0 Å². The fourth-order valence-electron chi connectivity index (χ4n) is 3.37. The molecule has 17 heavy (non-hydrogen) atoms. The average Bonchev–Trinajstić information content (AvgIpc) is 2.77. The van der Waals surface area contributed by atoms with Crippen LogP contribution in [0.1, 0.15) is 51.8 Å². The van der Waals surface area contributed by atoms with Gasteiger partial charge in [-0.2, -0.15) is 15.4 Å². The second-order valence-electron chi connectivity index (χ2n) is 5.61. The number of hydrogen-bond donors (Lipinski definition) is 2. The molecule has 1 saturated carbocycles. The summed E-state index contributed by atoms with van der Waals surface area (Å²) in [5, 5.41) is 14.5. The lowest BCUT2D eigenvalue weighted by atomic mass is 9.73. The zero-order valence-corrected chi connectivity index (χ0v) is 11.1. The number of H-pyrrole nitrogens is 1. The number of rotatable bonds is 4. The van der Waals surface area contributed by atoms with E-state index in [2.05, 4.69) is 41.5 Å². The second kappa shape index (κ2) is 5.63. The van der Waals surface area contributed by atoms with Gasteiger partial charge in [-0.05, 0) is 43.6 Å². The Kier molecular flexibility index (Phi) is 4.15. The molecule has 0 aromatic carbocycles. The first-order valence-electron chi connectivity index (χ1n) is 6.79. The van der Waals surface area contributed by atoms with Crippen LogP contribution in [0, 0.1) is 17.8 Å². The molecule has 0 spiro atoms. The van der Waals surface area contributed by atoms with Gasteiger partial charge >= 0.3 is 0 Å². The lowest BCUT2D eigenvalue weighted by Crippen LogP contribution is -2.33. The predicted octanol–water partition coefficient (Wildman–Crippen LogP) is 2.53. The second-order valence-corrected chi connectivity index (χ2v) is 5.61. The van der Waals surface area contributed by atoms with Crippen LogP contribution in [0.15, 0.2) is 6.20 Å². The molecule has 2 rings (SSSR count). The summed E-state index contributed by atoms with van der Waals surface area (Å²) in [6.45, 7) is 7.88. The SMILES string of the molecule is CCNC(c1cn[nH]n1)C1CC(C)CC(C)C1. The Hall–Kier alpha value is -0.900. The highest BCUT2D eigenvalue weighted by molar-refractivity contribution is 5.03. The van der Waals surface area contributed by atoms with Gasteiger partial charge in [0, 0.05) is 0 Å². The molecule has 0 bridgehead atoms. The molecule has 4 nitrogen and oxygen atoms in total. The van der Waals surface area contributed by atoms with Crippen LogP contribution in [0.25, 0.3) is 0 Å². The highest BCUT2D eigenvalue weighted by atomic mass is 15.3. The summed E-state index contributed by atoms with van der Waals surface area (Å²) in [5.41, 5.74) is 1.07. The third-order valence-electron chi connectivity index (χ3n) is 3.86. The van der Waals surface area contributed by atoms with E-state index in [1.54, 1.807) is 0 Å². The quantitative estimate of drug-likeness (QED) is 0.844. The van der Waals surface area contributed by atoms with E-state index in [0.717, 1.165) is 24.1 Å². The van der Waals surface area contributed by atoms with E-state index in [4.69, 9.17) is 0 Å². The van der Waals surface area contributed by atoms with Gasteiger partial charge in [0.25, 0.3) is 0 Å². The van der Waals surface area contributed by atoms with E-state index in [9.17, 15) is 0 Å². The van der Waals surface area contributed by atoms with Gasteiger partial charge in [0.15, 0.2) is 0 Å². The predicted molar refractivity (Wildman–Crippen MR) is 68.5 cm³/mol. The van der Waals surface area contributed by atoms with Gasteiger partial charge in [0.2, 0.25) is 0 Å². The first-order chi connectivity index (χ1) is 8.20. The standard InChI is InChI=1S/C13H24N4/c1-4-14-13(12-8-15-17-16-12)11-6-9(2)5-10(3)7-11/h8-11,13-14H,4-7H2,1-3H3,(H,15,16,17).